The van der Waals surface area contributed by atoms with Gasteiger partial charge in [-0.1, -0.05) is 17.7 Å². The molecule has 0 spiro atoms. The maximum absolute atomic E-state index is 14.3. The molecule has 0 bridgehead atoms. The first-order chi connectivity index (χ1) is 13.9. The van der Waals surface area contributed by atoms with Crippen molar-refractivity contribution in [3.8, 4) is 11.1 Å². The fourth-order valence-electron chi connectivity index (χ4n) is 3.42. The van der Waals surface area contributed by atoms with E-state index in [0.717, 1.165) is 12.1 Å². The summed E-state index contributed by atoms with van der Waals surface area (Å²) in [6.45, 7) is -0.170. The smallest absolute Gasteiger partial charge is 0.353 e. The molecule has 0 saturated carbocycles. The number of aromatic nitrogens is 2. The van der Waals surface area contributed by atoms with E-state index in [1.54, 1.807) is 24.3 Å². The monoisotopic (exact) mass is 414 g/mol. The molecule has 4 aromatic rings. The highest BCUT2D eigenvalue weighted by atomic mass is 35.5. The second-order valence-corrected chi connectivity index (χ2v) is 6.86. The largest absolute Gasteiger partial charge is 0.477 e. The van der Waals surface area contributed by atoms with E-state index in [2.05, 4.69) is 4.98 Å². The summed E-state index contributed by atoms with van der Waals surface area (Å²) in [7, 11) is 0. The number of hydrogen-bond acceptors (Lipinski definition) is 2. The van der Waals surface area contributed by atoms with E-state index in [9.17, 15) is 23.5 Å². The number of nitrogens with one attached hydrogen (secondary N) is 1. The Morgan fingerprint density at radius 2 is 1.93 bits per heavy atom. The third kappa shape index (κ3) is 3.30. The molecule has 2 aromatic carbocycles. The molecule has 4 rings (SSSR count). The van der Waals surface area contributed by atoms with Gasteiger partial charge in [0.15, 0.2) is 0 Å². The van der Waals surface area contributed by atoms with E-state index in [1.807, 2.05) is 0 Å². The molecule has 8 heteroatoms. The molecule has 0 amide bonds. The van der Waals surface area contributed by atoms with E-state index in [-0.39, 0.29) is 28.9 Å². The molecule has 146 valence electrons. The first-order valence-electron chi connectivity index (χ1n) is 8.54. The Labute approximate surface area is 167 Å². The van der Waals surface area contributed by atoms with Crippen LogP contribution in [0, 0.1) is 11.6 Å². The van der Waals surface area contributed by atoms with Crippen LogP contribution in [0.5, 0.6) is 0 Å². The van der Waals surface area contributed by atoms with Gasteiger partial charge in [-0.3, -0.25) is 4.79 Å². The highest BCUT2D eigenvalue weighted by molar-refractivity contribution is 6.31. The van der Waals surface area contributed by atoms with E-state index < -0.39 is 23.2 Å². The quantitative estimate of drug-likeness (QED) is 0.509. The number of carboxylic acids is 1. The van der Waals surface area contributed by atoms with Crippen LogP contribution < -0.4 is 5.56 Å². The van der Waals surface area contributed by atoms with Crippen molar-refractivity contribution in [2.24, 2.45) is 0 Å². The maximum Gasteiger partial charge on any atom is 0.353 e. The molecule has 0 aliphatic heterocycles. The molecule has 2 N–H and O–H groups in total. The summed E-state index contributed by atoms with van der Waals surface area (Å²) in [4.78, 5) is 27.1. The van der Waals surface area contributed by atoms with Gasteiger partial charge < -0.3 is 14.7 Å². The molecular weight excluding hydrogens is 402 g/mol. The average Bonchev–Trinajstić information content (AvgIpc) is 2.98. The summed E-state index contributed by atoms with van der Waals surface area (Å²) in [5.74, 6) is -2.82. The van der Waals surface area contributed by atoms with Crippen molar-refractivity contribution in [1.82, 2.24) is 9.55 Å². The average molecular weight is 415 g/mol. The number of aromatic amines is 1. The lowest BCUT2D eigenvalue weighted by Gasteiger charge is -2.10. The number of aromatic carboxylic acids is 1. The molecule has 0 atom stereocenters. The van der Waals surface area contributed by atoms with Gasteiger partial charge in [-0.25, -0.2) is 13.6 Å². The van der Waals surface area contributed by atoms with E-state index >= 15 is 0 Å². The van der Waals surface area contributed by atoms with Crippen LogP contribution in [0.25, 0.3) is 22.0 Å². The predicted molar refractivity (Wildman–Crippen MR) is 105 cm³/mol. The Morgan fingerprint density at radius 3 is 2.62 bits per heavy atom. The molecule has 0 radical (unpaired) electrons. The van der Waals surface area contributed by atoms with Gasteiger partial charge in [0.25, 0.3) is 5.56 Å². The van der Waals surface area contributed by atoms with Gasteiger partial charge in [-0.05, 0) is 36.4 Å². The topological polar surface area (TPSA) is 75.1 Å². The normalized spacial score (nSPS) is 11.1. The Morgan fingerprint density at radius 1 is 1.14 bits per heavy atom. The van der Waals surface area contributed by atoms with Crippen LogP contribution in [0.15, 0.2) is 59.5 Å². The number of H-pyrrole nitrogens is 1. The lowest BCUT2D eigenvalue weighted by molar-refractivity contribution is 0.0687. The van der Waals surface area contributed by atoms with Crippen LogP contribution in [-0.4, -0.2) is 20.6 Å². The lowest BCUT2D eigenvalue weighted by Crippen LogP contribution is -2.14. The van der Waals surface area contributed by atoms with Gasteiger partial charge in [0.1, 0.15) is 17.3 Å². The molecule has 0 aliphatic carbocycles. The van der Waals surface area contributed by atoms with Crippen molar-refractivity contribution in [2.75, 3.05) is 0 Å². The summed E-state index contributed by atoms with van der Waals surface area (Å²) < 4.78 is 28.9. The second kappa shape index (κ2) is 7.18. The first-order valence-corrected chi connectivity index (χ1v) is 8.91. The summed E-state index contributed by atoms with van der Waals surface area (Å²) in [5.41, 5.74) is 0.225. The number of benzene rings is 2. The second-order valence-electron chi connectivity index (χ2n) is 6.43. The highest BCUT2D eigenvalue weighted by Crippen LogP contribution is 2.36. The van der Waals surface area contributed by atoms with Crippen molar-refractivity contribution in [3.05, 3.63) is 93.0 Å². The van der Waals surface area contributed by atoms with E-state index in [4.69, 9.17) is 11.6 Å². The zero-order chi connectivity index (χ0) is 20.7. The first kappa shape index (κ1) is 18.9. The number of carbonyl (C=O) groups is 1. The Bertz CT molecular complexity index is 1330. The zero-order valence-corrected chi connectivity index (χ0v) is 15.5. The molecule has 2 aromatic heterocycles. The number of hydrogen-bond donors (Lipinski definition) is 2. The van der Waals surface area contributed by atoms with Crippen LogP contribution in [0.2, 0.25) is 5.02 Å². The van der Waals surface area contributed by atoms with E-state index in [1.165, 1.54) is 22.9 Å². The summed E-state index contributed by atoms with van der Waals surface area (Å²) in [6.07, 6.45) is 1.44. The van der Waals surface area contributed by atoms with Gasteiger partial charge >= 0.3 is 5.97 Å². The minimum atomic E-state index is -1.29. The molecule has 2 heterocycles. The minimum absolute atomic E-state index is 0.106. The number of nitrogens with zero attached hydrogens (tertiary/aromatic N) is 1. The summed E-state index contributed by atoms with van der Waals surface area (Å²) >= 11 is 6.12. The number of rotatable bonds is 4. The third-order valence-electron chi connectivity index (χ3n) is 4.66. The zero-order valence-electron chi connectivity index (χ0n) is 14.7. The van der Waals surface area contributed by atoms with Gasteiger partial charge in [0, 0.05) is 44.9 Å². The van der Waals surface area contributed by atoms with Crippen LogP contribution in [0.3, 0.4) is 0 Å². The molecule has 0 aliphatic rings. The minimum Gasteiger partial charge on any atom is -0.477 e. The van der Waals surface area contributed by atoms with Crippen LogP contribution >= 0.6 is 11.6 Å². The predicted octanol–water partition coefficient (Wildman–Crippen LogP) is 4.67. The van der Waals surface area contributed by atoms with Crippen molar-refractivity contribution >= 4 is 28.5 Å². The van der Waals surface area contributed by atoms with Crippen molar-refractivity contribution in [1.29, 1.82) is 0 Å². The number of carboxylic acid groups (broad SMARTS) is 1. The number of halogens is 3. The van der Waals surface area contributed by atoms with Crippen LogP contribution in [0.1, 0.15) is 16.1 Å². The third-order valence-corrected chi connectivity index (χ3v) is 4.89. The molecule has 5 nitrogen and oxygen atoms in total. The van der Waals surface area contributed by atoms with Gasteiger partial charge in [0.2, 0.25) is 0 Å². The van der Waals surface area contributed by atoms with Crippen molar-refractivity contribution in [3.63, 3.8) is 0 Å². The molecule has 0 fully saturated rings. The van der Waals surface area contributed by atoms with Gasteiger partial charge in [-0.2, -0.15) is 0 Å². The SMILES string of the molecule is O=C(O)c1c(-c2ccc[nH]c2=O)c2cc(Cl)ccc2n1Cc1ccc(F)cc1F. The van der Waals surface area contributed by atoms with Crippen LogP contribution in [0.4, 0.5) is 8.78 Å². The number of fused-ring (bicyclic) bond motifs is 1. The standard InChI is InChI=1S/C21H13ClF2N2O3/c22-12-4-6-17-15(8-12)18(14-2-1-7-25-20(14)27)19(21(28)29)26(17)10-11-3-5-13(23)9-16(11)24/h1-9H,10H2,(H,25,27)(H,28,29). The fraction of sp³-hybridized carbons (Fsp3) is 0.0476. The maximum atomic E-state index is 14.3. The fourth-order valence-corrected chi connectivity index (χ4v) is 3.60. The molecule has 0 unspecified atom stereocenters. The summed E-state index contributed by atoms with van der Waals surface area (Å²) in [6, 6.07) is 10.9. The Kier molecular flexibility index (Phi) is 4.68. The molecular formula is C21H13ClF2N2O3. The summed E-state index contributed by atoms with van der Waals surface area (Å²) in [5, 5.41) is 10.7. The van der Waals surface area contributed by atoms with Crippen molar-refractivity contribution in [2.45, 2.75) is 6.54 Å². The lowest BCUT2D eigenvalue weighted by atomic mass is 10.0. The van der Waals surface area contributed by atoms with E-state index in [0.29, 0.717) is 15.9 Å². The van der Waals surface area contributed by atoms with Gasteiger partial charge in [0.05, 0.1) is 6.54 Å². The molecule has 0 saturated heterocycles. The Balaban J connectivity index is 2.07. The molecule has 29 heavy (non-hydrogen) atoms. The van der Waals surface area contributed by atoms with Gasteiger partial charge in [-0.15, -0.1) is 0 Å². The van der Waals surface area contributed by atoms with Crippen LogP contribution in [-0.2, 0) is 6.54 Å². The Hall–Kier alpha value is -3.45. The van der Waals surface area contributed by atoms with Crippen molar-refractivity contribution < 1.29 is 18.7 Å². The number of pyridine rings is 1. The highest BCUT2D eigenvalue weighted by Gasteiger charge is 2.26.